The second kappa shape index (κ2) is 7.27. The molecule has 1 saturated heterocycles. The highest BCUT2D eigenvalue weighted by Gasteiger charge is 2.36. The molecule has 1 unspecified atom stereocenters. The number of carbonyl (C=O) groups is 1. The lowest BCUT2D eigenvalue weighted by Gasteiger charge is -2.22. The maximum atomic E-state index is 14.0. The number of aromatic nitrogens is 2. The lowest BCUT2D eigenvalue weighted by molar-refractivity contribution is -0.130. The van der Waals surface area contributed by atoms with Gasteiger partial charge in [-0.2, -0.15) is 4.98 Å². The van der Waals surface area contributed by atoms with Crippen molar-refractivity contribution < 1.29 is 22.5 Å². The zero-order valence-corrected chi connectivity index (χ0v) is 15.1. The zero-order chi connectivity index (χ0) is 19.8. The van der Waals surface area contributed by atoms with Gasteiger partial charge in [0, 0.05) is 24.1 Å². The first-order valence-electron chi connectivity index (χ1n) is 8.45. The Balaban J connectivity index is 1.61. The molecule has 0 radical (unpaired) electrons. The van der Waals surface area contributed by atoms with E-state index < -0.39 is 23.5 Å². The van der Waals surface area contributed by atoms with Gasteiger partial charge in [0.2, 0.25) is 17.6 Å². The fraction of sp³-hybridized carbons (Fsp3) is 0.211. The van der Waals surface area contributed by atoms with Crippen LogP contribution in [0, 0.1) is 17.5 Å². The standard InChI is InChI=1S/C19H13ClF3N3O2/c20-13-3-1-10(8-15(13)23)18-24-19(28-25-18)16-5-6-17(27)26(16)9-11-7-12(21)2-4-14(11)22/h1-4,7-8,16H,5-6,9H2. The van der Waals surface area contributed by atoms with Gasteiger partial charge < -0.3 is 9.42 Å². The third-order valence-corrected chi connectivity index (χ3v) is 4.89. The van der Waals surface area contributed by atoms with E-state index in [4.69, 9.17) is 16.1 Å². The summed E-state index contributed by atoms with van der Waals surface area (Å²) in [5, 5.41) is 3.80. The first kappa shape index (κ1) is 18.5. The molecule has 1 aliphatic rings. The molecule has 0 N–H and O–H groups in total. The quantitative estimate of drug-likeness (QED) is 0.630. The van der Waals surface area contributed by atoms with Crippen LogP contribution in [0.4, 0.5) is 13.2 Å². The fourth-order valence-electron chi connectivity index (χ4n) is 3.16. The first-order chi connectivity index (χ1) is 13.4. The second-order valence-electron chi connectivity index (χ2n) is 6.40. The van der Waals surface area contributed by atoms with Gasteiger partial charge in [0.1, 0.15) is 23.5 Å². The van der Waals surface area contributed by atoms with Crippen molar-refractivity contribution in [3.05, 3.63) is 70.3 Å². The maximum absolute atomic E-state index is 14.0. The predicted molar refractivity (Wildman–Crippen MR) is 93.6 cm³/mol. The van der Waals surface area contributed by atoms with Crippen LogP contribution in [-0.4, -0.2) is 20.9 Å². The molecule has 1 fully saturated rings. The molecule has 1 aromatic heterocycles. The SMILES string of the molecule is O=C1CCC(c2nc(-c3ccc(Cl)c(F)c3)no2)N1Cc1cc(F)ccc1F. The van der Waals surface area contributed by atoms with Crippen LogP contribution in [0.25, 0.3) is 11.4 Å². The van der Waals surface area contributed by atoms with Crippen LogP contribution in [0.3, 0.4) is 0 Å². The number of hydrogen-bond acceptors (Lipinski definition) is 4. The number of carbonyl (C=O) groups excluding carboxylic acids is 1. The van der Waals surface area contributed by atoms with Crippen molar-refractivity contribution in [2.24, 2.45) is 0 Å². The number of benzene rings is 2. The summed E-state index contributed by atoms with van der Waals surface area (Å²) in [5.41, 5.74) is 0.420. The molecule has 0 saturated carbocycles. The summed E-state index contributed by atoms with van der Waals surface area (Å²) in [5.74, 6) is -1.77. The van der Waals surface area contributed by atoms with Gasteiger partial charge in [-0.05, 0) is 42.8 Å². The highest BCUT2D eigenvalue weighted by molar-refractivity contribution is 6.30. The van der Waals surface area contributed by atoms with Gasteiger partial charge >= 0.3 is 0 Å². The van der Waals surface area contributed by atoms with Crippen LogP contribution in [-0.2, 0) is 11.3 Å². The summed E-state index contributed by atoms with van der Waals surface area (Å²) in [7, 11) is 0. The Morgan fingerprint density at radius 3 is 2.75 bits per heavy atom. The predicted octanol–water partition coefficient (Wildman–Crippen LogP) is 4.67. The van der Waals surface area contributed by atoms with Gasteiger partial charge in [0.05, 0.1) is 5.02 Å². The number of halogens is 4. The molecule has 5 nitrogen and oxygen atoms in total. The van der Waals surface area contributed by atoms with Gasteiger partial charge in [-0.15, -0.1) is 0 Å². The minimum absolute atomic E-state index is 0.0304. The molecule has 1 aliphatic heterocycles. The summed E-state index contributed by atoms with van der Waals surface area (Å²) in [6, 6.07) is 6.59. The molecule has 1 atom stereocenters. The van der Waals surface area contributed by atoms with E-state index in [2.05, 4.69) is 10.1 Å². The van der Waals surface area contributed by atoms with Gasteiger partial charge in [-0.1, -0.05) is 16.8 Å². The third-order valence-electron chi connectivity index (χ3n) is 4.58. The molecule has 3 aromatic rings. The van der Waals surface area contributed by atoms with Gasteiger partial charge in [-0.25, -0.2) is 13.2 Å². The summed E-state index contributed by atoms with van der Waals surface area (Å²) < 4.78 is 46.3. The van der Waals surface area contributed by atoms with Crippen LogP contribution in [0.5, 0.6) is 0 Å². The van der Waals surface area contributed by atoms with Crippen molar-refractivity contribution in [1.82, 2.24) is 15.0 Å². The number of rotatable bonds is 4. The highest BCUT2D eigenvalue weighted by Crippen LogP contribution is 2.34. The Kier molecular flexibility index (Phi) is 4.80. The first-order valence-corrected chi connectivity index (χ1v) is 8.82. The fourth-order valence-corrected chi connectivity index (χ4v) is 3.28. The maximum Gasteiger partial charge on any atom is 0.249 e. The van der Waals surface area contributed by atoms with Crippen LogP contribution in [0.2, 0.25) is 5.02 Å². The number of amides is 1. The average molecular weight is 408 g/mol. The molecule has 2 heterocycles. The number of hydrogen-bond donors (Lipinski definition) is 0. The number of likely N-dealkylation sites (tertiary alicyclic amines) is 1. The molecule has 28 heavy (non-hydrogen) atoms. The van der Waals surface area contributed by atoms with E-state index in [0.29, 0.717) is 12.0 Å². The molecule has 0 bridgehead atoms. The summed E-state index contributed by atoms with van der Waals surface area (Å²) in [4.78, 5) is 17.9. The topological polar surface area (TPSA) is 59.2 Å². The van der Waals surface area contributed by atoms with E-state index in [9.17, 15) is 18.0 Å². The van der Waals surface area contributed by atoms with Crippen molar-refractivity contribution in [2.45, 2.75) is 25.4 Å². The molecule has 9 heteroatoms. The van der Waals surface area contributed by atoms with Crippen molar-refractivity contribution in [2.75, 3.05) is 0 Å². The van der Waals surface area contributed by atoms with Gasteiger partial charge in [0.15, 0.2) is 0 Å². The van der Waals surface area contributed by atoms with Gasteiger partial charge in [0.25, 0.3) is 0 Å². The van der Waals surface area contributed by atoms with Crippen molar-refractivity contribution in [1.29, 1.82) is 0 Å². The van der Waals surface area contributed by atoms with Crippen LogP contribution >= 0.6 is 11.6 Å². The molecule has 0 spiro atoms. The van der Waals surface area contributed by atoms with E-state index in [1.807, 2.05) is 0 Å². The van der Waals surface area contributed by atoms with Crippen LogP contribution in [0.15, 0.2) is 40.9 Å². The van der Waals surface area contributed by atoms with E-state index in [-0.39, 0.29) is 41.2 Å². The Bertz CT molecular complexity index is 1060. The second-order valence-corrected chi connectivity index (χ2v) is 6.80. The van der Waals surface area contributed by atoms with E-state index in [1.54, 1.807) is 6.07 Å². The van der Waals surface area contributed by atoms with Crippen molar-refractivity contribution in [3.8, 4) is 11.4 Å². The van der Waals surface area contributed by atoms with Crippen LogP contribution in [0.1, 0.15) is 30.3 Å². The minimum Gasteiger partial charge on any atom is -0.337 e. The van der Waals surface area contributed by atoms with E-state index in [1.165, 1.54) is 17.0 Å². The molecule has 0 aliphatic carbocycles. The van der Waals surface area contributed by atoms with E-state index >= 15 is 0 Å². The van der Waals surface area contributed by atoms with Gasteiger partial charge in [-0.3, -0.25) is 4.79 Å². The lowest BCUT2D eigenvalue weighted by Crippen LogP contribution is -2.27. The normalized spacial score (nSPS) is 16.8. The highest BCUT2D eigenvalue weighted by atomic mass is 35.5. The minimum atomic E-state index is -0.621. The Hall–Kier alpha value is -2.87. The zero-order valence-electron chi connectivity index (χ0n) is 14.3. The smallest absolute Gasteiger partial charge is 0.249 e. The molecule has 1 amide bonds. The molecular formula is C19H13ClF3N3O2. The monoisotopic (exact) mass is 407 g/mol. The van der Waals surface area contributed by atoms with Crippen molar-refractivity contribution in [3.63, 3.8) is 0 Å². The Labute approximate surface area is 162 Å². The third kappa shape index (κ3) is 3.47. The number of nitrogens with zero attached hydrogens (tertiary/aromatic N) is 3. The summed E-state index contributed by atoms with van der Waals surface area (Å²) in [6.45, 7) is -0.125. The molecule has 4 rings (SSSR count). The molecule has 2 aromatic carbocycles. The molecular weight excluding hydrogens is 395 g/mol. The molecule has 144 valence electrons. The van der Waals surface area contributed by atoms with Crippen molar-refractivity contribution >= 4 is 17.5 Å². The Morgan fingerprint density at radius 1 is 1.14 bits per heavy atom. The summed E-state index contributed by atoms with van der Waals surface area (Å²) in [6.07, 6.45) is 0.612. The largest absolute Gasteiger partial charge is 0.337 e. The van der Waals surface area contributed by atoms with Crippen LogP contribution < -0.4 is 0 Å². The average Bonchev–Trinajstić information content (AvgIpc) is 3.28. The Morgan fingerprint density at radius 2 is 1.96 bits per heavy atom. The van der Waals surface area contributed by atoms with E-state index in [0.717, 1.165) is 18.2 Å². The lowest BCUT2D eigenvalue weighted by atomic mass is 10.1. The summed E-state index contributed by atoms with van der Waals surface area (Å²) >= 11 is 5.67.